The zero-order valence-corrected chi connectivity index (χ0v) is 32.2. The number of amides is 4. The number of pyridine rings is 1. The van der Waals surface area contributed by atoms with Crippen molar-refractivity contribution in [2.45, 2.75) is 36.1 Å². The van der Waals surface area contributed by atoms with Gasteiger partial charge in [-0.05, 0) is 79.6 Å². The van der Waals surface area contributed by atoms with E-state index in [2.05, 4.69) is 30.8 Å². The molecule has 0 saturated carbocycles. The van der Waals surface area contributed by atoms with Crippen molar-refractivity contribution in [1.29, 1.82) is 0 Å². The molecule has 4 amide bonds. The normalized spacial score (nSPS) is 18.9. The number of fused-ring (bicyclic) bond motifs is 1. The maximum atomic E-state index is 13.3. The minimum absolute atomic E-state index is 0.0486. The van der Waals surface area contributed by atoms with Gasteiger partial charge in [-0.2, -0.15) is 4.99 Å². The Morgan fingerprint density at radius 3 is 2.35 bits per heavy atom. The second-order valence-electron chi connectivity index (χ2n) is 14.1. The first kappa shape index (κ1) is 38.8. The predicted octanol–water partition coefficient (Wildman–Crippen LogP) is 3.53. The first-order valence-corrected chi connectivity index (χ1v) is 20.2. The van der Waals surface area contributed by atoms with E-state index in [0.29, 0.717) is 63.4 Å². The molecule has 16 heteroatoms. The van der Waals surface area contributed by atoms with Gasteiger partial charge in [-0.3, -0.25) is 28.3 Å². The van der Waals surface area contributed by atoms with Crippen LogP contribution in [0.5, 0.6) is 0 Å². The molecule has 2 saturated heterocycles. The number of nitrogens with two attached hydrogens (primary N) is 1. The summed E-state index contributed by atoms with van der Waals surface area (Å²) in [6.45, 7) is 2.97. The summed E-state index contributed by atoms with van der Waals surface area (Å²) < 4.78 is 11.7. The van der Waals surface area contributed by atoms with Crippen LogP contribution < -0.4 is 26.6 Å². The molecule has 4 heterocycles. The van der Waals surface area contributed by atoms with Crippen molar-refractivity contribution in [3.8, 4) is 11.3 Å². The van der Waals surface area contributed by atoms with E-state index in [9.17, 15) is 28.2 Å². The second kappa shape index (κ2) is 16.8. The summed E-state index contributed by atoms with van der Waals surface area (Å²) in [5.74, 6) is -0.624. The molecule has 0 bridgehead atoms. The van der Waals surface area contributed by atoms with Gasteiger partial charge in [-0.25, -0.2) is 4.98 Å². The van der Waals surface area contributed by atoms with Crippen molar-refractivity contribution < 1.29 is 28.2 Å². The number of carbonyl (C=O) groups is 5. The molecule has 3 aliphatic heterocycles. The minimum Gasteiger partial charge on any atom is -0.385 e. The average molecular weight is 790 g/mol. The third-order valence-corrected chi connectivity index (χ3v) is 11.3. The van der Waals surface area contributed by atoms with Crippen molar-refractivity contribution in [2.75, 3.05) is 61.1 Å². The highest BCUT2D eigenvalue weighted by molar-refractivity contribution is 7.84. The standard InChI is InChI=1S/C41H43N9O6S/c1-57(56)31-14-7-27(8-15-31)34-4-2-5-35(46-34)47-40(42)45-28-9-12-30(13-10-28)48-20-22-49(23-21-48)37(53)6-3-19-43-29-11-16-32-33(24-29)39(55)50(38(32)54)41(26-51)18-17-36(52)44-25-41/h2,4-5,7-16,24,26,43H,3,6,17-23,25H2,1H3,(H,44,52)(H3,42,45,46,47). The van der Waals surface area contributed by atoms with Crippen molar-refractivity contribution in [3.63, 3.8) is 0 Å². The maximum Gasteiger partial charge on any atom is 0.262 e. The fourth-order valence-electron chi connectivity index (χ4n) is 7.22. The summed E-state index contributed by atoms with van der Waals surface area (Å²) in [4.78, 5) is 78.2. The van der Waals surface area contributed by atoms with E-state index in [4.69, 9.17) is 5.73 Å². The lowest BCUT2D eigenvalue weighted by Crippen LogP contribution is -2.61. The highest BCUT2D eigenvalue weighted by Crippen LogP contribution is 2.34. The SMILES string of the molecule is CS(=O)c1ccc(-c2cccc(N=C(N)Nc3ccc(N4CCN(C(=O)CCCNc5ccc6c(c5)C(=O)N(C5(C=O)CCC(=O)NC5)C6=O)CC4)cc3)n2)cc1. The lowest BCUT2D eigenvalue weighted by Gasteiger charge is -2.38. The smallest absolute Gasteiger partial charge is 0.262 e. The third-order valence-electron chi connectivity index (χ3n) is 10.4. The first-order chi connectivity index (χ1) is 27.5. The molecule has 15 nitrogen and oxygen atoms in total. The number of carbonyl (C=O) groups excluding carboxylic acids is 5. The highest BCUT2D eigenvalue weighted by Gasteiger charge is 2.50. The monoisotopic (exact) mass is 789 g/mol. The van der Waals surface area contributed by atoms with Crippen LogP contribution in [-0.4, -0.2) is 106 Å². The van der Waals surface area contributed by atoms with Gasteiger partial charge < -0.3 is 36.3 Å². The molecular formula is C41H43N9O6S. The molecule has 7 rings (SSSR count). The van der Waals surface area contributed by atoms with Gasteiger partial charge in [0.2, 0.25) is 11.8 Å². The Bertz CT molecular complexity index is 2250. The van der Waals surface area contributed by atoms with Gasteiger partial charge in [0, 0.05) is 96.7 Å². The molecular weight excluding hydrogens is 747 g/mol. The Hall–Kier alpha value is -6.42. The molecule has 4 aromatic rings. The van der Waals surface area contributed by atoms with Crippen LogP contribution in [0.15, 0.2) is 94.8 Å². The van der Waals surface area contributed by atoms with E-state index in [1.54, 1.807) is 30.5 Å². The average Bonchev–Trinajstić information content (AvgIpc) is 3.48. The number of aldehydes is 1. The van der Waals surface area contributed by atoms with Crippen molar-refractivity contribution in [2.24, 2.45) is 10.7 Å². The number of aliphatic imine (C=N–C) groups is 1. The van der Waals surface area contributed by atoms with E-state index in [0.717, 1.165) is 32.4 Å². The maximum absolute atomic E-state index is 13.3. The van der Waals surface area contributed by atoms with Crippen molar-refractivity contribution >= 4 is 69.6 Å². The number of benzene rings is 3. The third kappa shape index (κ3) is 8.55. The van der Waals surface area contributed by atoms with Crippen LogP contribution in [0.4, 0.5) is 22.9 Å². The lowest BCUT2D eigenvalue weighted by atomic mass is 9.89. The van der Waals surface area contributed by atoms with Gasteiger partial charge in [-0.1, -0.05) is 18.2 Å². The Kier molecular flexibility index (Phi) is 11.4. The Balaban J connectivity index is 0.847. The molecule has 2 fully saturated rings. The lowest BCUT2D eigenvalue weighted by molar-refractivity contribution is -0.131. The topological polar surface area (TPSA) is 200 Å². The quantitative estimate of drug-likeness (QED) is 0.0539. The van der Waals surface area contributed by atoms with Crippen LogP contribution in [0, 0.1) is 0 Å². The molecule has 0 spiro atoms. The fraction of sp³-hybridized carbons (Fsp3) is 0.293. The van der Waals surface area contributed by atoms with Crippen LogP contribution in [0.25, 0.3) is 11.3 Å². The number of aromatic nitrogens is 1. The van der Waals surface area contributed by atoms with Crippen LogP contribution >= 0.6 is 0 Å². The molecule has 3 aliphatic rings. The minimum atomic E-state index is -1.41. The highest BCUT2D eigenvalue weighted by atomic mass is 32.2. The van der Waals surface area contributed by atoms with E-state index in [-0.39, 0.29) is 48.3 Å². The van der Waals surface area contributed by atoms with Gasteiger partial charge in [0.05, 0.1) is 16.8 Å². The Morgan fingerprint density at radius 1 is 0.947 bits per heavy atom. The number of imide groups is 1. The number of piperidine rings is 1. The van der Waals surface area contributed by atoms with E-state index < -0.39 is 28.2 Å². The summed E-state index contributed by atoms with van der Waals surface area (Å²) in [5.41, 5.74) is 9.27. The Morgan fingerprint density at radius 2 is 1.67 bits per heavy atom. The zero-order valence-electron chi connectivity index (χ0n) is 31.4. The molecule has 2 atom stereocenters. The van der Waals surface area contributed by atoms with E-state index in [1.165, 1.54) is 0 Å². The molecule has 3 aromatic carbocycles. The molecule has 0 radical (unpaired) electrons. The number of hydrogen-bond donors (Lipinski definition) is 4. The summed E-state index contributed by atoms with van der Waals surface area (Å²) in [7, 11) is -1.05. The number of piperazine rings is 1. The molecule has 294 valence electrons. The van der Waals surface area contributed by atoms with Crippen molar-refractivity contribution in [1.82, 2.24) is 20.1 Å². The molecule has 57 heavy (non-hydrogen) atoms. The summed E-state index contributed by atoms with van der Waals surface area (Å²) in [6, 6.07) is 25.6. The second-order valence-corrected chi connectivity index (χ2v) is 15.5. The summed E-state index contributed by atoms with van der Waals surface area (Å²) in [5, 5.41) is 8.96. The van der Waals surface area contributed by atoms with Gasteiger partial charge >= 0.3 is 0 Å². The molecule has 5 N–H and O–H groups in total. The van der Waals surface area contributed by atoms with Gasteiger partial charge in [-0.15, -0.1) is 0 Å². The molecule has 2 unspecified atom stereocenters. The van der Waals surface area contributed by atoms with E-state index >= 15 is 0 Å². The van der Waals surface area contributed by atoms with Crippen LogP contribution in [-0.2, 0) is 25.2 Å². The number of rotatable bonds is 12. The molecule has 1 aromatic heterocycles. The number of anilines is 3. The van der Waals surface area contributed by atoms with Gasteiger partial charge in [0.25, 0.3) is 11.8 Å². The van der Waals surface area contributed by atoms with Gasteiger partial charge in [0.15, 0.2) is 11.8 Å². The zero-order chi connectivity index (χ0) is 40.1. The summed E-state index contributed by atoms with van der Waals surface area (Å²) in [6.07, 6.45) is 3.28. The molecule has 0 aliphatic carbocycles. The Labute approximate surface area is 332 Å². The number of guanidine groups is 1. The van der Waals surface area contributed by atoms with E-state index in [1.807, 2.05) is 65.6 Å². The van der Waals surface area contributed by atoms with Crippen LogP contribution in [0.3, 0.4) is 0 Å². The van der Waals surface area contributed by atoms with Crippen molar-refractivity contribution in [3.05, 3.63) is 96.1 Å². The largest absolute Gasteiger partial charge is 0.385 e. The number of hydrogen-bond acceptors (Lipinski definition) is 10. The number of nitrogens with zero attached hydrogens (tertiary/aromatic N) is 5. The summed E-state index contributed by atoms with van der Waals surface area (Å²) >= 11 is 0. The van der Waals surface area contributed by atoms with Crippen LogP contribution in [0.2, 0.25) is 0 Å². The first-order valence-electron chi connectivity index (χ1n) is 18.7. The van der Waals surface area contributed by atoms with Crippen LogP contribution in [0.1, 0.15) is 46.4 Å². The number of nitrogens with one attached hydrogen (secondary N) is 3. The predicted molar refractivity (Wildman–Crippen MR) is 218 cm³/mol. The van der Waals surface area contributed by atoms with Gasteiger partial charge in [0.1, 0.15) is 11.8 Å². The fourth-order valence-corrected chi connectivity index (χ4v) is 7.74.